The Bertz CT molecular complexity index is 817. The number of nitrogens with one attached hydrogen (secondary N) is 1. The van der Waals surface area contributed by atoms with Gasteiger partial charge in [0, 0.05) is 13.6 Å². The first kappa shape index (κ1) is 14.9. The Labute approximate surface area is 138 Å². The molecule has 0 unspecified atom stereocenters. The number of hydrogen-bond donors (Lipinski definition) is 1. The highest BCUT2D eigenvalue weighted by molar-refractivity contribution is 6.41. The summed E-state index contributed by atoms with van der Waals surface area (Å²) in [5.74, 6) is -0.151. The van der Waals surface area contributed by atoms with Crippen LogP contribution in [0.15, 0.2) is 48.5 Å². The summed E-state index contributed by atoms with van der Waals surface area (Å²) in [5.41, 5.74) is 1.48. The molecule has 3 rings (SSSR count). The number of fused-ring (bicyclic) bond motifs is 1. The average Bonchev–Trinajstić information content (AvgIpc) is 2.86. The van der Waals surface area contributed by atoms with Crippen LogP contribution < -0.4 is 0 Å². The minimum Gasteiger partial charge on any atom is -0.340 e. The Balaban J connectivity index is 1.86. The number of carbonyl (C=O) groups is 1. The molecule has 0 aliphatic heterocycles. The Kier molecular flexibility index (Phi) is 4.10. The van der Waals surface area contributed by atoms with E-state index >= 15 is 0 Å². The Morgan fingerprint density at radius 2 is 1.86 bits per heavy atom. The summed E-state index contributed by atoms with van der Waals surface area (Å²) in [5, 5.41) is 2.94. The molecule has 0 aliphatic rings. The molecule has 1 amide bonds. The molecule has 1 heterocycles. The van der Waals surface area contributed by atoms with Gasteiger partial charge in [0.1, 0.15) is 10.8 Å². The van der Waals surface area contributed by atoms with Gasteiger partial charge in [0.15, 0.2) is 0 Å². The first-order valence-corrected chi connectivity index (χ1v) is 7.58. The summed E-state index contributed by atoms with van der Waals surface area (Å²) in [7, 11) is 1.76. The third kappa shape index (κ3) is 2.82. The molecule has 22 heavy (non-hydrogen) atoms. The van der Waals surface area contributed by atoms with Crippen molar-refractivity contribution in [1.82, 2.24) is 9.88 Å². The van der Waals surface area contributed by atoms with Gasteiger partial charge in [0.2, 0.25) is 0 Å². The van der Waals surface area contributed by atoms with Crippen molar-refractivity contribution in [3.05, 3.63) is 70.0 Å². The predicted octanol–water partition coefficient (Wildman–Crippen LogP) is 4.75. The van der Waals surface area contributed by atoms with Crippen LogP contribution in [0.2, 0.25) is 10.2 Å². The van der Waals surface area contributed by atoms with E-state index < -0.39 is 0 Å². The maximum absolute atomic E-state index is 12.4. The van der Waals surface area contributed by atoms with Gasteiger partial charge in [-0.05, 0) is 22.4 Å². The van der Waals surface area contributed by atoms with Crippen LogP contribution in [0.5, 0.6) is 0 Å². The number of amides is 1. The number of hydrogen-bond acceptors (Lipinski definition) is 1. The summed E-state index contributed by atoms with van der Waals surface area (Å²) in [4.78, 5) is 16.9. The number of aromatic amines is 1. The summed E-state index contributed by atoms with van der Waals surface area (Å²) >= 11 is 11.7. The van der Waals surface area contributed by atoms with Crippen molar-refractivity contribution in [2.45, 2.75) is 6.54 Å². The first-order valence-electron chi connectivity index (χ1n) is 6.82. The topological polar surface area (TPSA) is 36.1 Å². The number of rotatable bonds is 3. The highest BCUT2D eigenvalue weighted by Crippen LogP contribution is 2.24. The quantitative estimate of drug-likeness (QED) is 0.738. The molecule has 3 aromatic rings. The molecule has 112 valence electrons. The highest BCUT2D eigenvalue weighted by Gasteiger charge is 2.16. The van der Waals surface area contributed by atoms with Gasteiger partial charge in [-0.15, -0.1) is 0 Å². The van der Waals surface area contributed by atoms with E-state index in [4.69, 9.17) is 23.2 Å². The number of halogens is 2. The average molecular weight is 333 g/mol. The van der Waals surface area contributed by atoms with Crippen molar-refractivity contribution in [1.29, 1.82) is 0 Å². The van der Waals surface area contributed by atoms with Crippen molar-refractivity contribution in [2.75, 3.05) is 7.05 Å². The van der Waals surface area contributed by atoms with Crippen molar-refractivity contribution >= 4 is 39.9 Å². The number of carbonyl (C=O) groups excluding carboxylic acids is 1. The van der Waals surface area contributed by atoms with Gasteiger partial charge in [0.05, 0.1) is 5.02 Å². The molecule has 0 atom stereocenters. The van der Waals surface area contributed by atoms with Crippen LogP contribution in [0.3, 0.4) is 0 Å². The lowest BCUT2D eigenvalue weighted by Gasteiger charge is -2.17. The van der Waals surface area contributed by atoms with Crippen molar-refractivity contribution < 1.29 is 4.79 Å². The SMILES string of the molecule is CN(Cc1cccc2ccccc12)C(=O)c1cc(Cl)c(Cl)[nH]1. The lowest BCUT2D eigenvalue weighted by Crippen LogP contribution is -2.26. The fraction of sp³-hybridized carbons (Fsp3) is 0.118. The van der Waals surface area contributed by atoms with E-state index in [0.717, 1.165) is 16.3 Å². The van der Waals surface area contributed by atoms with Gasteiger partial charge in [-0.25, -0.2) is 0 Å². The number of nitrogens with zero attached hydrogens (tertiary/aromatic N) is 1. The molecule has 0 saturated carbocycles. The normalized spacial score (nSPS) is 10.9. The predicted molar refractivity (Wildman–Crippen MR) is 90.6 cm³/mol. The van der Waals surface area contributed by atoms with E-state index in [1.54, 1.807) is 18.0 Å². The number of H-pyrrole nitrogens is 1. The zero-order chi connectivity index (χ0) is 15.7. The second kappa shape index (κ2) is 6.03. The van der Waals surface area contributed by atoms with E-state index in [2.05, 4.69) is 23.2 Å². The van der Waals surface area contributed by atoms with Gasteiger partial charge in [-0.2, -0.15) is 0 Å². The minimum absolute atomic E-state index is 0.151. The monoisotopic (exact) mass is 332 g/mol. The Morgan fingerprint density at radius 1 is 1.14 bits per heavy atom. The molecule has 0 saturated heterocycles. The maximum Gasteiger partial charge on any atom is 0.270 e. The Hall–Kier alpha value is -1.97. The summed E-state index contributed by atoms with van der Waals surface area (Å²) in [6.45, 7) is 0.508. The van der Waals surface area contributed by atoms with Gasteiger partial charge >= 0.3 is 0 Å². The first-order chi connectivity index (χ1) is 10.6. The largest absolute Gasteiger partial charge is 0.340 e. The molecule has 0 aliphatic carbocycles. The molecule has 3 nitrogen and oxygen atoms in total. The molecule has 0 radical (unpaired) electrons. The summed E-state index contributed by atoms with van der Waals surface area (Å²) in [6.07, 6.45) is 0. The van der Waals surface area contributed by atoms with E-state index in [0.29, 0.717) is 17.3 Å². The molecule has 1 aromatic heterocycles. The van der Waals surface area contributed by atoms with Gasteiger partial charge in [-0.1, -0.05) is 65.7 Å². The summed E-state index contributed by atoms with van der Waals surface area (Å²) < 4.78 is 0. The fourth-order valence-electron chi connectivity index (χ4n) is 2.48. The lowest BCUT2D eigenvalue weighted by molar-refractivity contribution is 0.0780. The Morgan fingerprint density at radius 3 is 2.59 bits per heavy atom. The molecule has 0 spiro atoms. The minimum atomic E-state index is -0.151. The fourth-order valence-corrected chi connectivity index (χ4v) is 2.80. The zero-order valence-corrected chi connectivity index (χ0v) is 13.4. The summed E-state index contributed by atoms with van der Waals surface area (Å²) in [6, 6.07) is 15.8. The van der Waals surface area contributed by atoms with Crippen molar-refractivity contribution in [3.63, 3.8) is 0 Å². The van der Waals surface area contributed by atoms with Crippen LogP contribution in [-0.2, 0) is 6.54 Å². The van der Waals surface area contributed by atoms with Crippen LogP contribution in [0, 0.1) is 0 Å². The van der Waals surface area contributed by atoms with E-state index in [-0.39, 0.29) is 11.1 Å². The molecule has 2 aromatic carbocycles. The van der Waals surface area contributed by atoms with Gasteiger partial charge in [0.25, 0.3) is 5.91 Å². The lowest BCUT2D eigenvalue weighted by atomic mass is 10.0. The third-order valence-corrected chi connectivity index (χ3v) is 4.28. The second-order valence-corrected chi connectivity index (χ2v) is 5.93. The number of benzene rings is 2. The second-order valence-electron chi connectivity index (χ2n) is 5.14. The molecule has 0 fully saturated rings. The van der Waals surface area contributed by atoms with Crippen molar-refractivity contribution in [3.8, 4) is 0 Å². The van der Waals surface area contributed by atoms with Gasteiger partial charge in [-0.3, -0.25) is 4.79 Å². The van der Waals surface area contributed by atoms with Crippen LogP contribution >= 0.6 is 23.2 Å². The van der Waals surface area contributed by atoms with E-state index in [1.807, 2.05) is 24.3 Å². The van der Waals surface area contributed by atoms with E-state index in [1.165, 1.54) is 0 Å². The zero-order valence-electron chi connectivity index (χ0n) is 11.9. The van der Waals surface area contributed by atoms with Crippen LogP contribution in [0.1, 0.15) is 16.1 Å². The molecule has 0 bridgehead atoms. The van der Waals surface area contributed by atoms with Crippen LogP contribution in [-0.4, -0.2) is 22.8 Å². The third-order valence-electron chi connectivity index (χ3n) is 3.59. The number of aromatic nitrogens is 1. The van der Waals surface area contributed by atoms with Crippen molar-refractivity contribution in [2.24, 2.45) is 0 Å². The smallest absolute Gasteiger partial charge is 0.270 e. The molecule has 5 heteroatoms. The van der Waals surface area contributed by atoms with Crippen LogP contribution in [0.4, 0.5) is 0 Å². The molecular formula is C17H14Cl2N2O. The van der Waals surface area contributed by atoms with Gasteiger partial charge < -0.3 is 9.88 Å². The van der Waals surface area contributed by atoms with E-state index in [9.17, 15) is 4.79 Å². The molecule has 1 N–H and O–H groups in total. The standard InChI is InChI=1S/C17H14Cl2N2O/c1-21(17(22)15-9-14(18)16(19)20-15)10-12-7-4-6-11-5-2-3-8-13(11)12/h2-9,20H,10H2,1H3. The maximum atomic E-state index is 12.4. The highest BCUT2D eigenvalue weighted by atomic mass is 35.5. The van der Waals surface area contributed by atoms with Crippen LogP contribution in [0.25, 0.3) is 10.8 Å². The molecular weight excluding hydrogens is 319 g/mol.